The van der Waals surface area contributed by atoms with Crippen LogP contribution in [0.5, 0.6) is 0 Å². The zero-order valence-electron chi connectivity index (χ0n) is 16.7. The maximum atomic E-state index is 12.4. The molecule has 152 valence electrons. The lowest BCUT2D eigenvalue weighted by atomic mass is 10.0. The molecule has 0 radical (unpaired) electrons. The van der Waals surface area contributed by atoms with Gasteiger partial charge >= 0.3 is 0 Å². The first kappa shape index (κ1) is 20.6. The molecule has 1 heterocycles. The Morgan fingerprint density at radius 2 is 1.69 bits per heavy atom. The summed E-state index contributed by atoms with van der Waals surface area (Å²) < 4.78 is 5.38. The fraction of sp³-hybridized carbons (Fsp3) is 0.304. The van der Waals surface area contributed by atoms with Gasteiger partial charge < -0.3 is 21.2 Å². The highest BCUT2D eigenvalue weighted by Crippen LogP contribution is 2.18. The van der Waals surface area contributed by atoms with Crippen LogP contribution in [0.4, 0.5) is 11.4 Å². The third kappa shape index (κ3) is 5.93. The number of aromatic nitrogens is 1. The van der Waals surface area contributed by atoms with Crippen LogP contribution >= 0.6 is 0 Å². The van der Waals surface area contributed by atoms with Crippen molar-refractivity contribution < 1.29 is 9.21 Å². The fourth-order valence-corrected chi connectivity index (χ4v) is 3.03. The number of hydrogen-bond acceptors (Lipinski definition) is 5. The van der Waals surface area contributed by atoms with Crippen LogP contribution in [0.1, 0.15) is 59.7 Å². The van der Waals surface area contributed by atoms with Crippen molar-refractivity contribution in [2.45, 2.75) is 45.1 Å². The lowest BCUT2D eigenvalue weighted by Gasteiger charge is -2.06. The molecule has 6 nitrogen and oxygen atoms in total. The third-order valence-electron chi connectivity index (χ3n) is 4.83. The van der Waals surface area contributed by atoms with Gasteiger partial charge in [-0.2, -0.15) is 0 Å². The minimum Gasteiger partial charge on any atom is -0.446 e. The molecule has 6 heteroatoms. The van der Waals surface area contributed by atoms with Crippen molar-refractivity contribution in [3.05, 3.63) is 77.5 Å². The summed E-state index contributed by atoms with van der Waals surface area (Å²) in [6, 6.07) is 15.5. The van der Waals surface area contributed by atoms with Crippen LogP contribution in [-0.2, 0) is 12.8 Å². The zero-order valence-corrected chi connectivity index (χ0v) is 16.7. The summed E-state index contributed by atoms with van der Waals surface area (Å²) in [7, 11) is 0. The summed E-state index contributed by atoms with van der Waals surface area (Å²) in [5.74, 6) is 0.0962. The number of amides is 1. The highest BCUT2D eigenvalue weighted by Gasteiger charge is 2.16. The number of carbonyl (C=O) groups is 1. The van der Waals surface area contributed by atoms with E-state index in [1.54, 1.807) is 0 Å². The van der Waals surface area contributed by atoms with Crippen molar-refractivity contribution in [3.63, 3.8) is 0 Å². The predicted molar refractivity (Wildman–Crippen MR) is 116 cm³/mol. The molecule has 5 N–H and O–H groups in total. The van der Waals surface area contributed by atoms with Crippen LogP contribution in [-0.4, -0.2) is 10.9 Å². The number of unbranched alkanes of at least 4 members (excludes halogenated alkanes) is 1. The van der Waals surface area contributed by atoms with E-state index in [4.69, 9.17) is 15.9 Å². The van der Waals surface area contributed by atoms with Crippen molar-refractivity contribution in [1.82, 2.24) is 4.98 Å². The summed E-state index contributed by atoms with van der Waals surface area (Å²) in [6.45, 7) is 2.10. The average Bonchev–Trinajstić information content (AvgIpc) is 3.23. The number of oxazole rings is 1. The molecule has 29 heavy (non-hydrogen) atoms. The summed E-state index contributed by atoms with van der Waals surface area (Å²) in [6.07, 6.45) is 6.05. The van der Waals surface area contributed by atoms with Gasteiger partial charge in [0.2, 0.25) is 5.89 Å². The molecule has 0 bridgehead atoms. The summed E-state index contributed by atoms with van der Waals surface area (Å²) in [4.78, 5) is 16.6. The molecule has 0 aliphatic rings. The van der Waals surface area contributed by atoms with E-state index in [9.17, 15) is 4.79 Å². The smallest absolute Gasteiger partial charge is 0.277 e. The lowest BCUT2D eigenvalue weighted by molar-refractivity contribution is 0.102. The Hall–Kier alpha value is -3.12. The molecule has 0 spiro atoms. The van der Waals surface area contributed by atoms with E-state index in [1.165, 1.54) is 17.4 Å². The molecule has 2 aromatic carbocycles. The van der Waals surface area contributed by atoms with E-state index < -0.39 is 0 Å². The molecule has 3 rings (SSSR count). The number of nitrogens with zero attached hydrogens (tertiary/aromatic N) is 1. The number of carbonyl (C=O) groups excluding carboxylic acids is 1. The SMILES string of the molecule is CCCCC(N)c1nc(C(=O)Nc2ccc(CCc3ccc(N)cc3)cc2)co1. The van der Waals surface area contributed by atoms with Crippen molar-refractivity contribution in [3.8, 4) is 0 Å². The molecule has 0 aliphatic heterocycles. The summed E-state index contributed by atoms with van der Waals surface area (Å²) >= 11 is 0. The minimum atomic E-state index is -0.308. The lowest BCUT2D eigenvalue weighted by Crippen LogP contribution is -2.14. The Balaban J connectivity index is 1.53. The number of anilines is 2. The van der Waals surface area contributed by atoms with Crippen molar-refractivity contribution in [2.75, 3.05) is 11.1 Å². The van der Waals surface area contributed by atoms with E-state index >= 15 is 0 Å². The number of rotatable bonds is 9. The normalized spacial score (nSPS) is 11.9. The quantitative estimate of drug-likeness (QED) is 0.465. The predicted octanol–water partition coefficient (Wildman–Crippen LogP) is 4.48. The molecule has 0 fully saturated rings. The number of hydrogen-bond donors (Lipinski definition) is 3. The van der Waals surface area contributed by atoms with E-state index in [1.807, 2.05) is 48.5 Å². The van der Waals surface area contributed by atoms with Gasteiger partial charge in [0, 0.05) is 11.4 Å². The number of nitrogen functional groups attached to an aromatic ring is 1. The summed E-state index contributed by atoms with van der Waals surface area (Å²) in [5.41, 5.74) is 15.9. The van der Waals surface area contributed by atoms with Gasteiger partial charge in [0.05, 0.1) is 6.04 Å². The van der Waals surface area contributed by atoms with Crippen LogP contribution in [0.2, 0.25) is 0 Å². The molecule has 1 unspecified atom stereocenters. The van der Waals surface area contributed by atoms with Crippen molar-refractivity contribution in [2.24, 2.45) is 5.73 Å². The van der Waals surface area contributed by atoms with E-state index in [-0.39, 0.29) is 17.6 Å². The largest absolute Gasteiger partial charge is 0.446 e. The second kappa shape index (κ2) is 9.89. The second-order valence-electron chi connectivity index (χ2n) is 7.21. The van der Waals surface area contributed by atoms with Gasteiger partial charge in [0.25, 0.3) is 5.91 Å². The number of benzene rings is 2. The topological polar surface area (TPSA) is 107 Å². The highest BCUT2D eigenvalue weighted by atomic mass is 16.3. The zero-order chi connectivity index (χ0) is 20.6. The van der Waals surface area contributed by atoms with Gasteiger partial charge in [-0.15, -0.1) is 0 Å². The molecular formula is C23H28N4O2. The van der Waals surface area contributed by atoms with Crippen molar-refractivity contribution >= 4 is 17.3 Å². The van der Waals surface area contributed by atoms with Crippen molar-refractivity contribution in [1.29, 1.82) is 0 Å². The molecule has 3 aromatic rings. The first-order valence-electron chi connectivity index (χ1n) is 10.0. The molecule has 0 saturated carbocycles. The maximum Gasteiger partial charge on any atom is 0.277 e. The first-order valence-corrected chi connectivity index (χ1v) is 10.0. The number of nitrogens with one attached hydrogen (secondary N) is 1. The Morgan fingerprint density at radius 3 is 2.31 bits per heavy atom. The standard InChI is InChI=1S/C23H28N4O2/c1-2-3-4-20(25)23-27-21(15-29-23)22(28)26-19-13-9-17(10-14-19)6-5-16-7-11-18(24)12-8-16/h7-15,20H,2-6,24-25H2,1H3,(H,26,28). The first-order chi connectivity index (χ1) is 14.0. The molecule has 1 amide bonds. The number of aryl methyl sites for hydroxylation is 2. The monoisotopic (exact) mass is 392 g/mol. The Kier molecular flexibility index (Phi) is 7.03. The van der Waals surface area contributed by atoms with Crippen LogP contribution < -0.4 is 16.8 Å². The van der Waals surface area contributed by atoms with Crippen LogP contribution in [0.15, 0.2) is 59.2 Å². The third-order valence-corrected chi connectivity index (χ3v) is 4.83. The van der Waals surface area contributed by atoms with E-state index in [0.29, 0.717) is 11.6 Å². The average molecular weight is 393 g/mol. The summed E-state index contributed by atoms with van der Waals surface area (Å²) in [5, 5.41) is 2.84. The number of nitrogens with two attached hydrogens (primary N) is 2. The van der Waals surface area contributed by atoms with Gasteiger partial charge in [-0.05, 0) is 54.7 Å². The molecule has 0 saturated heterocycles. The Bertz CT molecular complexity index is 917. The maximum absolute atomic E-state index is 12.4. The molecule has 1 aromatic heterocycles. The highest BCUT2D eigenvalue weighted by molar-refractivity contribution is 6.02. The van der Waals surface area contributed by atoms with Gasteiger partial charge in [-0.25, -0.2) is 4.98 Å². The van der Waals surface area contributed by atoms with Crippen LogP contribution in [0.25, 0.3) is 0 Å². The molecular weight excluding hydrogens is 364 g/mol. The van der Waals surface area contributed by atoms with Gasteiger partial charge in [0.15, 0.2) is 5.69 Å². The van der Waals surface area contributed by atoms with Gasteiger partial charge in [-0.1, -0.05) is 44.0 Å². The Morgan fingerprint density at radius 1 is 1.07 bits per heavy atom. The van der Waals surface area contributed by atoms with Crippen LogP contribution in [0.3, 0.4) is 0 Å². The van der Waals surface area contributed by atoms with Gasteiger partial charge in [0.1, 0.15) is 6.26 Å². The second-order valence-corrected chi connectivity index (χ2v) is 7.21. The molecule has 1 atom stereocenters. The fourth-order valence-electron chi connectivity index (χ4n) is 3.03. The van der Waals surface area contributed by atoms with E-state index in [2.05, 4.69) is 17.2 Å². The van der Waals surface area contributed by atoms with Crippen LogP contribution in [0, 0.1) is 0 Å². The molecule has 0 aliphatic carbocycles. The Labute approximate surface area is 171 Å². The van der Waals surface area contributed by atoms with E-state index in [0.717, 1.165) is 37.8 Å². The minimum absolute atomic E-state index is 0.236. The van der Waals surface area contributed by atoms with Gasteiger partial charge in [-0.3, -0.25) is 4.79 Å².